The van der Waals surface area contributed by atoms with Crippen LogP contribution in [0.25, 0.3) is 11.1 Å². The summed E-state index contributed by atoms with van der Waals surface area (Å²) in [4.78, 5) is 0. The Hall–Kier alpha value is -1.71. The third kappa shape index (κ3) is 2.83. The van der Waals surface area contributed by atoms with Gasteiger partial charge in [0.25, 0.3) is 0 Å². The largest absolute Gasteiger partial charge is 0.496 e. The molecule has 0 aromatic heterocycles. The second-order valence-corrected chi connectivity index (χ2v) is 4.51. The molecule has 2 N–H and O–H groups in total. The summed E-state index contributed by atoms with van der Waals surface area (Å²) in [5.41, 5.74) is 8.62. The van der Waals surface area contributed by atoms with Crippen molar-refractivity contribution in [1.29, 1.82) is 0 Å². The molecule has 0 saturated heterocycles. The van der Waals surface area contributed by atoms with E-state index in [1.807, 2.05) is 30.3 Å². The van der Waals surface area contributed by atoms with Crippen LogP contribution in [0.4, 0.5) is 0 Å². The quantitative estimate of drug-likeness (QED) is 0.930. The predicted molar refractivity (Wildman–Crippen MR) is 77.9 cm³/mol. The van der Waals surface area contributed by atoms with Crippen LogP contribution < -0.4 is 15.2 Å². The third-order valence-electron chi connectivity index (χ3n) is 2.97. The zero-order valence-electron chi connectivity index (χ0n) is 10.9. The van der Waals surface area contributed by atoms with Crippen molar-refractivity contribution in [3.05, 3.63) is 47.0 Å². The summed E-state index contributed by atoms with van der Waals surface area (Å²) in [6.07, 6.45) is 0. The number of hydrogen-bond donors (Lipinski definition) is 1. The third-order valence-corrected chi connectivity index (χ3v) is 3.21. The Morgan fingerprint density at radius 2 is 1.68 bits per heavy atom. The first-order chi connectivity index (χ1) is 9.19. The first-order valence-corrected chi connectivity index (χ1v) is 6.28. The zero-order valence-corrected chi connectivity index (χ0v) is 11.7. The Morgan fingerprint density at radius 1 is 1.00 bits per heavy atom. The summed E-state index contributed by atoms with van der Waals surface area (Å²) >= 11 is 6.05. The van der Waals surface area contributed by atoms with Crippen molar-refractivity contribution in [2.24, 2.45) is 5.73 Å². The van der Waals surface area contributed by atoms with E-state index in [9.17, 15) is 0 Å². The molecule has 2 rings (SSSR count). The van der Waals surface area contributed by atoms with Gasteiger partial charge in [0.1, 0.15) is 11.5 Å². The van der Waals surface area contributed by atoms with Crippen LogP contribution in [0.1, 0.15) is 5.56 Å². The molecule has 0 radical (unpaired) electrons. The van der Waals surface area contributed by atoms with Crippen LogP contribution in [0.3, 0.4) is 0 Å². The van der Waals surface area contributed by atoms with Crippen LogP contribution >= 0.6 is 11.6 Å². The molecule has 0 saturated carbocycles. The van der Waals surface area contributed by atoms with Crippen LogP contribution in [0.15, 0.2) is 36.4 Å². The molecule has 0 amide bonds. The number of ether oxygens (including phenoxy) is 2. The molecule has 0 unspecified atom stereocenters. The van der Waals surface area contributed by atoms with Crippen molar-refractivity contribution in [2.45, 2.75) is 6.54 Å². The molecule has 0 fully saturated rings. The maximum absolute atomic E-state index is 6.05. The molecule has 100 valence electrons. The van der Waals surface area contributed by atoms with Gasteiger partial charge in [-0.1, -0.05) is 17.7 Å². The van der Waals surface area contributed by atoms with Crippen LogP contribution in [0.2, 0.25) is 5.02 Å². The van der Waals surface area contributed by atoms with Crippen molar-refractivity contribution >= 4 is 11.6 Å². The van der Waals surface area contributed by atoms with E-state index >= 15 is 0 Å². The van der Waals surface area contributed by atoms with Gasteiger partial charge in [0.2, 0.25) is 0 Å². The number of halogens is 1. The Kier molecular flexibility index (Phi) is 4.30. The molecule has 0 spiro atoms. The number of nitrogens with two attached hydrogens (primary N) is 1. The first-order valence-electron chi connectivity index (χ1n) is 5.90. The van der Waals surface area contributed by atoms with Gasteiger partial charge >= 0.3 is 0 Å². The SMILES string of the molecule is COc1ccc(-c2cc(Cl)ccc2OC)cc1CN. The number of hydrogen-bond acceptors (Lipinski definition) is 3. The van der Waals surface area contributed by atoms with Crippen LogP contribution in [0, 0.1) is 0 Å². The van der Waals surface area contributed by atoms with Crippen molar-refractivity contribution in [3.8, 4) is 22.6 Å². The van der Waals surface area contributed by atoms with E-state index in [0.29, 0.717) is 11.6 Å². The molecule has 0 aliphatic heterocycles. The average Bonchev–Trinajstić information content (AvgIpc) is 2.46. The molecule has 4 heteroatoms. The summed E-state index contributed by atoms with van der Waals surface area (Å²) in [6, 6.07) is 11.4. The standard InChI is InChI=1S/C15H16ClNO2/c1-18-14-5-3-10(7-11(14)9-17)13-8-12(16)4-6-15(13)19-2/h3-8H,9,17H2,1-2H3. The number of benzene rings is 2. The summed E-state index contributed by atoms with van der Waals surface area (Å²) < 4.78 is 10.6. The van der Waals surface area contributed by atoms with Gasteiger partial charge < -0.3 is 15.2 Å². The van der Waals surface area contributed by atoms with E-state index in [4.69, 9.17) is 26.8 Å². The zero-order chi connectivity index (χ0) is 13.8. The monoisotopic (exact) mass is 277 g/mol. The second-order valence-electron chi connectivity index (χ2n) is 4.08. The lowest BCUT2D eigenvalue weighted by Crippen LogP contribution is -2.00. The van der Waals surface area contributed by atoms with Gasteiger partial charge in [-0.2, -0.15) is 0 Å². The number of methoxy groups -OCH3 is 2. The lowest BCUT2D eigenvalue weighted by Gasteiger charge is -2.12. The van der Waals surface area contributed by atoms with Gasteiger partial charge in [-0.05, 0) is 35.9 Å². The summed E-state index contributed by atoms with van der Waals surface area (Å²) in [6.45, 7) is 0.417. The van der Waals surface area contributed by atoms with Crippen LogP contribution in [-0.2, 0) is 6.54 Å². The molecule has 19 heavy (non-hydrogen) atoms. The van der Waals surface area contributed by atoms with Crippen molar-refractivity contribution in [2.75, 3.05) is 14.2 Å². The maximum atomic E-state index is 6.05. The summed E-state index contributed by atoms with van der Waals surface area (Å²) in [7, 11) is 3.27. The molecular weight excluding hydrogens is 262 g/mol. The molecule has 0 bridgehead atoms. The summed E-state index contributed by atoms with van der Waals surface area (Å²) in [5.74, 6) is 1.56. The first kappa shape index (κ1) is 13.7. The fraction of sp³-hybridized carbons (Fsp3) is 0.200. The summed E-state index contributed by atoms with van der Waals surface area (Å²) in [5, 5.41) is 0.668. The molecule has 2 aromatic carbocycles. The smallest absolute Gasteiger partial charge is 0.126 e. The van der Waals surface area contributed by atoms with Crippen molar-refractivity contribution < 1.29 is 9.47 Å². The highest BCUT2D eigenvalue weighted by molar-refractivity contribution is 6.31. The highest BCUT2D eigenvalue weighted by atomic mass is 35.5. The Balaban J connectivity index is 2.55. The van der Waals surface area contributed by atoms with E-state index in [1.54, 1.807) is 20.3 Å². The molecule has 0 heterocycles. The minimum Gasteiger partial charge on any atom is -0.496 e. The van der Waals surface area contributed by atoms with E-state index in [1.165, 1.54) is 0 Å². The molecule has 0 aliphatic rings. The van der Waals surface area contributed by atoms with Gasteiger partial charge in [0.15, 0.2) is 0 Å². The molecule has 3 nitrogen and oxygen atoms in total. The van der Waals surface area contributed by atoms with Gasteiger partial charge in [0, 0.05) is 22.7 Å². The minimum atomic E-state index is 0.417. The van der Waals surface area contributed by atoms with E-state index in [2.05, 4.69) is 0 Å². The maximum Gasteiger partial charge on any atom is 0.126 e. The number of rotatable bonds is 4. The lowest BCUT2D eigenvalue weighted by atomic mass is 10.0. The molecule has 2 aromatic rings. The van der Waals surface area contributed by atoms with Gasteiger partial charge in [-0.25, -0.2) is 0 Å². The predicted octanol–water partition coefficient (Wildman–Crippen LogP) is 3.48. The van der Waals surface area contributed by atoms with Gasteiger partial charge in [-0.15, -0.1) is 0 Å². The van der Waals surface area contributed by atoms with Gasteiger partial charge in [-0.3, -0.25) is 0 Å². The van der Waals surface area contributed by atoms with E-state index in [-0.39, 0.29) is 0 Å². The average molecular weight is 278 g/mol. The molecule has 0 atom stereocenters. The topological polar surface area (TPSA) is 44.5 Å². The van der Waals surface area contributed by atoms with Gasteiger partial charge in [0.05, 0.1) is 14.2 Å². The van der Waals surface area contributed by atoms with E-state index < -0.39 is 0 Å². The highest BCUT2D eigenvalue weighted by Crippen LogP contribution is 2.34. The van der Waals surface area contributed by atoms with Crippen molar-refractivity contribution in [3.63, 3.8) is 0 Å². The molecule has 0 aliphatic carbocycles. The second kappa shape index (κ2) is 5.95. The van der Waals surface area contributed by atoms with E-state index in [0.717, 1.165) is 28.2 Å². The highest BCUT2D eigenvalue weighted by Gasteiger charge is 2.09. The minimum absolute atomic E-state index is 0.417. The Morgan fingerprint density at radius 3 is 2.32 bits per heavy atom. The van der Waals surface area contributed by atoms with Crippen LogP contribution in [0.5, 0.6) is 11.5 Å². The molecular formula is C15H16ClNO2. The fourth-order valence-electron chi connectivity index (χ4n) is 2.01. The Labute approximate surface area is 117 Å². The fourth-order valence-corrected chi connectivity index (χ4v) is 2.18. The normalized spacial score (nSPS) is 10.3. The Bertz CT molecular complexity index is 584. The van der Waals surface area contributed by atoms with Crippen molar-refractivity contribution in [1.82, 2.24) is 0 Å². The van der Waals surface area contributed by atoms with Crippen LogP contribution in [-0.4, -0.2) is 14.2 Å². The lowest BCUT2D eigenvalue weighted by molar-refractivity contribution is 0.409.